The summed E-state index contributed by atoms with van der Waals surface area (Å²) in [7, 11) is 0. The number of allylic oxidation sites excluding steroid dienone is 1. The number of carbonyl (C=O) groups is 2. The van der Waals surface area contributed by atoms with Crippen LogP contribution in [-0.2, 0) is 9.59 Å². The molecule has 8 atom stereocenters. The summed E-state index contributed by atoms with van der Waals surface area (Å²) >= 11 is 0. The summed E-state index contributed by atoms with van der Waals surface area (Å²) in [5.41, 5.74) is -1.95. The monoisotopic (exact) mass is 402 g/mol. The summed E-state index contributed by atoms with van der Waals surface area (Å²) in [6, 6.07) is 0. The Balaban J connectivity index is 1.95. The van der Waals surface area contributed by atoms with Crippen LogP contribution < -0.4 is 0 Å². The number of hydrogen-bond acceptors (Lipinski definition) is 3. The Hall–Kier alpha value is -1.16. The number of aliphatic hydroxyl groups is 1. The Morgan fingerprint density at radius 3 is 2.45 bits per heavy atom. The Morgan fingerprint density at radius 2 is 1.90 bits per heavy atom. The fraction of sp³-hybridized carbons (Fsp3) is 0.840. The third kappa shape index (κ3) is 2.25. The van der Waals surface area contributed by atoms with Crippen molar-refractivity contribution >= 4 is 12.3 Å². The van der Waals surface area contributed by atoms with E-state index >= 15 is 0 Å². The molecule has 4 aliphatic rings. The second-order valence-corrected chi connectivity index (χ2v) is 11.4. The van der Waals surface area contributed by atoms with E-state index in [2.05, 4.69) is 40.7 Å². The molecule has 0 radical (unpaired) electrons. The molecule has 162 valence electrons. The highest BCUT2D eigenvalue weighted by molar-refractivity contribution is 5.90. The second-order valence-electron chi connectivity index (χ2n) is 11.4. The minimum absolute atomic E-state index is 0.0128. The molecule has 4 rings (SSSR count). The van der Waals surface area contributed by atoms with E-state index in [1.807, 2.05) is 0 Å². The molecule has 0 aromatic heterocycles. The van der Waals surface area contributed by atoms with E-state index in [1.54, 1.807) is 0 Å². The van der Waals surface area contributed by atoms with Crippen LogP contribution in [0.5, 0.6) is 0 Å². The first-order chi connectivity index (χ1) is 13.6. The fourth-order valence-corrected chi connectivity index (χ4v) is 8.62. The summed E-state index contributed by atoms with van der Waals surface area (Å²) in [5.74, 6) is 0.587. The zero-order valence-corrected chi connectivity index (χ0v) is 18.6. The number of carboxylic acid groups (broad SMARTS) is 1. The quantitative estimate of drug-likeness (QED) is 0.478. The normalized spacial score (nSPS) is 46.1. The molecule has 4 nitrogen and oxygen atoms in total. The SMILES string of the molecule is CC(C)CCC(O)C12C[C@@H]3[C@H](C)CC[C@H]3C3(C=O)CC1C=C(C(C)C)[C@@]23C(=O)O. The summed E-state index contributed by atoms with van der Waals surface area (Å²) in [4.78, 5) is 26.2. The van der Waals surface area contributed by atoms with Crippen molar-refractivity contribution in [3.8, 4) is 0 Å². The maximum atomic E-state index is 13.3. The number of aliphatic hydroxyl groups excluding tert-OH is 1. The van der Waals surface area contributed by atoms with E-state index < -0.39 is 28.3 Å². The zero-order chi connectivity index (χ0) is 21.4. The molecule has 4 unspecified atom stereocenters. The third-order valence-corrected chi connectivity index (χ3v) is 9.61. The lowest BCUT2D eigenvalue weighted by Crippen LogP contribution is -2.65. The van der Waals surface area contributed by atoms with Gasteiger partial charge < -0.3 is 15.0 Å². The Labute approximate surface area is 175 Å². The highest BCUT2D eigenvalue weighted by Gasteiger charge is 2.85. The predicted molar refractivity (Wildman–Crippen MR) is 112 cm³/mol. The van der Waals surface area contributed by atoms with E-state index in [9.17, 15) is 19.8 Å². The zero-order valence-electron chi connectivity index (χ0n) is 18.6. The van der Waals surface area contributed by atoms with Gasteiger partial charge in [0.25, 0.3) is 0 Å². The number of fused-ring (bicyclic) bond motifs is 2. The molecule has 0 amide bonds. The van der Waals surface area contributed by atoms with Gasteiger partial charge in [0, 0.05) is 5.41 Å². The minimum atomic E-state index is -1.25. The van der Waals surface area contributed by atoms with Crippen LogP contribution in [0, 0.1) is 51.8 Å². The third-order valence-electron chi connectivity index (χ3n) is 9.61. The van der Waals surface area contributed by atoms with Crippen molar-refractivity contribution in [3.05, 3.63) is 11.6 Å². The van der Waals surface area contributed by atoms with Gasteiger partial charge in [-0.25, -0.2) is 0 Å². The maximum absolute atomic E-state index is 13.3. The van der Waals surface area contributed by atoms with Crippen molar-refractivity contribution in [2.24, 2.45) is 51.8 Å². The molecule has 4 bridgehead atoms. The van der Waals surface area contributed by atoms with Gasteiger partial charge in [0.1, 0.15) is 11.7 Å². The first kappa shape index (κ1) is 21.1. The van der Waals surface area contributed by atoms with Crippen LogP contribution in [0.25, 0.3) is 0 Å². The average molecular weight is 403 g/mol. The van der Waals surface area contributed by atoms with Crippen molar-refractivity contribution in [2.75, 3.05) is 0 Å². The molecule has 0 saturated heterocycles. The van der Waals surface area contributed by atoms with E-state index in [-0.39, 0.29) is 17.8 Å². The predicted octanol–water partition coefficient (Wildman–Crippen LogP) is 4.71. The van der Waals surface area contributed by atoms with Gasteiger partial charge in [-0.2, -0.15) is 0 Å². The van der Waals surface area contributed by atoms with E-state index in [4.69, 9.17) is 0 Å². The van der Waals surface area contributed by atoms with Crippen LogP contribution in [0.3, 0.4) is 0 Å². The summed E-state index contributed by atoms with van der Waals surface area (Å²) < 4.78 is 0. The molecule has 3 saturated carbocycles. The lowest BCUT2D eigenvalue weighted by atomic mass is 9.41. The molecule has 0 heterocycles. The average Bonchev–Trinajstić information content (AvgIpc) is 3.23. The number of carboxylic acids is 1. The van der Waals surface area contributed by atoms with Gasteiger partial charge in [-0.1, -0.05) is 52.7 Å². The lowest BCUT2D eigenvalue weighted by molar-refractivity contribution is -0.194. The minimum Gasteiger partial charge on any atom is -0.481 e. The number of hydrogen-bond donors (Lipinski definition) is 2. The van der Waals surface area contributed by atoms with Crippen LogP contribution in [0.15, 0.2) is 11.6 Å². The summed E-state index contributed by atoms with van der Waals surface area (Å²) in [6.07, 6.45) is 7.36. The van der Waals surface area contributed by atoms with Crippen molar-refractivity contribution < 1.29 is 19.8 Å². The van der Waals surface area contributed by atoms with Crippen LogP contribution in [0.4, 0.5) is 0 Å². The Kier molecular flexibility index (Phi) is 4.85. The van der Waals surface area contributed by atoms with E-state index in [0.717, 1.165) is 37.5 Å². The van der Waals surface area contributed by atoms with Crippen LogP contribution in [0.1, 0.15) is 73.1 Å². The molecular weight excluding hydrogens is 364 g/mol. The molecular formula is C25H38O4. The van der Waals surface area contributed by atoms with E-state index in [0.29, 0.717) is 30.6 Å². The molecule has 29 heavy (non-hydrogen) atoms. The Bertz CT molecular complexity index is 739. The summed E-state index contributed by atoms with van der Waals surface area (Å²) in [5, 5.41) is 22.6. The molecule has 2 N–H and O–H groups in total. The molecule has 4 aliphatic carbocycles. The van der Waals surface area contributed by atoms with E-state index in [1.165, 1.54) is 0 Å². The standard InChI is InChI=1S/C25H38O4/c1-14(2)6-9-21(27)24-12-18-16(5)7-8-19(18)23(13-26)11-17(24)10-20(15(3)4)25(23,24)22(28)29/h10,13-19,21,27H,6-9,11-12H2,1-5H3,(H,28,29)/t16-,17?,18-,19-,21?,23?,24?,25+/m1/s1. The number of carbonyl (C=O) groups excluding carboxylic acids is 1. The van der Waals surface area contributed by atoms with Crippen molar-refractivity contribution in [3.63, 3.8) is 0 Å². The number of rotatable bonds is 7. The lowest BCUT2D eigenvalue weighted by Gasteiger charge is -2.59. The van der Waals surface area contributed by atoms with Gasteiger partial charge >= 0.3 is 5.97 Å². The van der Waals surface area contributed by atoms with Gasteiger partial charge in [0.15, 0.2) is 0 Å². The maximum Gasteiger partial charge on any atom is 0.315 e. The Morgan fingerprint density at radius 1 is 1.21 bits per heavy atom. The van der Waals surface area contributed by atoms with Crippen LogP contribution >= 0.6 is 0 Å². The smallest absolute Gasteiger partial charge is 0.315 e. The molecule has 0 aromatic carbocycles. The molecule has 0 aromatic rings. The summed E-state index contributed by atoms with van der Waals surface area (Å²) in [6.45, 7) is 10.6. The van der Waals surface area contributed by atoms with Crippen molar-refractivity contribution in [2.45, 2.75) is 79.2 Å². The molecule has 0 spiro atoms. The first-order valence-electron chi connectivity index (χ1n) is 11.7. The van der Waals surface area contributed by atoms with Crippen molar-refractivity contribution in [1.82, 2.24) is 0 Å². The highest BCUT2D eigenvalue weighted by atomic mass is 16.4. The van der Waals surface area contributed by atoms with Gasteiger partial charge in [0.05, 0.1) is 11.5 Å². The first-order valence-corrected chi connectivity index (χ1v) is 11.7. The number of aliphatic carboxylic acids is 1. The number of aldehydes is 1. The molecule has 4 heteroatoms. The van der Waals surface area contributed by atoms with Gasteiger partial charge in [-0.3, -0.25) is 4.79 Å². The van der Waals surface area contributed by atoms with Crippen LogP contribution in [0.2, 0.25) is 0 Å². The van der Waals surface area contributed by atoms with Gasteiger partial charge in [0.2, 0.25) is 0 Å². The highest BCUT2D eigenvalue weighted by Crippen LogP contribution is 2.83. The molecule has 3 fully saturated rings. The topological polar surface area (TPSA) is 74.6 Å². The fourth-order valence-electron chi connectivity index (χ4n) is 8.62. The van der Waals surface area contributed by atoms with Crippen LogP contribution in [-0.4, -0.2) is 28.6 Å². The largest absolute Gasteiger partial charge is 0.481 e. The molecule has 0 aliphatic heterocycles. The second kappa shape index (κ2) is 6.67. The van der Waals surface area contributed by atoms with Gasteiger partial charge in [-0.05, 0) is 67.6 Å². The van der Waals surface area contributed by atoms with Gasteiger partial charge in [-0.15, -0.1) is 0 Å². The van der Waals surface area contributed by atoms with Crippen molar-refractivity contribution in [1.29, 1.82) is 0 Å².